The van der Waals surface area contributed by atoms with Gasteiger partial charge in [-0.1, -0.05) is 12.1 Å². The molecule has 0 aliphatic heterocycles. The summed E-state index contributed by atoms with van der Waals surface area (Å²) < 4.78 is 38.4. The third-order valence-electron chi connectivity index (χ3n) is 3.82. The highest BCUT2D eigenvalue weighted by atomic mass is 79.9. The van der Waals surface area contributed by atoms with Gasteiger partial charge in [-0.3, -0.25) is 4.79 Å². The molecule has 1 aromatic heterocycles. The van der Waals surface area contributed by atoms with E-state index < -0.39 is 11.6 Å². The van der Waals surface area contributed by atoms with E-state index in [2.05, 4.69) is 15.9 Å². The zero-order valence-corrected chi connectivity index (χ0v) is 17.1. The smallest absolute Gasteiger partial charge is 0.195 e. The number of ketones is 1. The van der Waals surface area contributed by atoms with Crippen LogP contribution in [0.5, 0.6) is 11.5 Å². The van der Waals surface area contributed by atoms with Gasteiger partial charge in [0.25, 0.3) is 0 Å². The Bertz CT molecular complexity index is 1030. The molecule has 0 radical (unpaired) electrons. The van der Waals surface area contributed by atoms with Crippen molar-refractivity contribution in [1.82, 2.24) is 0 Å². The second kappa shape index (κ2) is 9.12. The summed E-state index contributed by atoms with van der Waals surface area (Å²) in [4.78, 5) is 12.8. The molecule has 0 saturated carbocycles. The number of methoxy groups -OCH3 is 1. The van der Waals surface area contributed by atoms with E-state index in [1.807, 2.05) is 5.38 Å². The minimum atomic E-state index is -0.775. The average molecular weight is 465 g/mol. The van der Waals surface area contributed by atoms with E-state index in [-0.39, 0.29) is 18.1 Å². The normalized spacial score (nSPS) is 11.0. The van der Waals surface area contributed by atoms with Crippen molar-refractivity contribution in [2.45, 2.75) is 6.61 Å². The molecule has 0 N–H and O–H groups in total. The number of hydrogen-bond acceptors (Lipinski definition) is 4. The van der Waals surface area contributed by atoms with E-state index in [4.69, 9.17) is 9.47 Å². The summed E-state index contributed by atoms with van der Waals surface area (Å²) in [6.45, 7) is 0.0270. The highest BCUT2D eigenvalue weighted by Crippen LogP contribution is 2.25. The van der Waals surface area contributed by atoms with Crippen LogP contribution in [0.2, 0.25) is 0 Å². The van der Waals surface area contributed by atoms with Crippen molar-refractivity contribution in [3.63, 3.8) is 0 Å². The van der Waals surface area contributed by atoms with E-state index in [9.17, 15) is 13.6 Å². The largest absolute Gasteiger partial charge is 0.496 e. The molecular formula is C21H15BrF2O3S. The molecule has 0 atom stereocenters. The van der Waals surface area contributed by atoms with Crippen molar-refractivity contribution in [1.29, 1.82) is 0 Å². The molecule has 7 heteroatoms. The number of carbonyl (C=O) groups is 1. The highest BCUT2D eigenvalue weighted by molar-refractivity contribution is 9.10. The number of ether oxygens (including phenoxy) is 2. The summed E-state index contributed by atoms with van der Waals surface area (Å²) in [5.41, 5.74) is 1.43. The number of rotatable bonds is 7. The minimum absolute atomic E-state index is 0.0270. The summed E-state index contributed by atoms with van der Waals surface area (Å²) in [7, 11) is 1.52. The molecule has 1 heterocycles. The van der Waals surface area contributed by atoms with Crippen LogP contribution in [0.25, 0.3) is 6.08 Å². The summed E-state index contributed by atoms with van der Waals surface area (Å²) in [5.74, 6) is -1.03. The first kappa shape index (κ1) is 20.2. The summed E-state index contributed by atoms with van der Waals surface area (Å²) in [6, 6.07) is 10.2. The Morgan fingerprint density at radius 1 is 1.14 bits per heavy atom. The van der Waals surface area contributed by atoms with Gasteiger partial charge in [0.1, 0.15) is 18.2 Å². The van der Waals surface area contributed by atoms with Gasteiger partial charge >= 0.3 is 0 Å². The Balaban J connectivity index is 1.75. The van der Waals surface area contributed by atoms with Gasteiger partial charge in [0.15, 0.2) is 17.3 Å². The lowest BCUT2D eigenvalue weighted by Crippen LogP contribution is -2.01. The standard InChI is InChI=1S/C21H15BrF2O3S/c1-26-19-6-3-13(2-5-18(25)21-9-15(22)12-28-21)8-14(19)11-27-20-7-4-16(23)10-17(20)24/h2-10,12H,11H2,1H3/b5-2+. The Kier molecular flexibility index (Phi) is 6.59. The first-order valence-corrected chi connectivity index (χ1v) is 9.85. The van der Waals surface area contributed by atoms with Crippen molar-refractivity contribution in [2.75, 3.05) is 7.11 Å². The molecule has 0 bridgehead atoms. The first-order chi connectivity index (χ1) is 13.5. The summed E-state index contributed by atoms with van der Waals surface area (Å²) in [5, 5.41) is 1.85. The summed E-state index contributed by atoms with van der Waals surface area (Å²) >= 11 is 4.69. The van der Waals surface area contributed by atoms with Crippen LogP contribution in [0.3, 0.4) is 0 Å². The van der Waals surface area contributed by atoms with Gasteiger partial charge in [0.05, 0.1) is 12.0 Å². The van der Waals surface area contributed by atoms with Gasteiger partial charge < -0.3 is 9.47 Å². The van der Waals surface area contributed by atoms with E-state index in [0.29, 0.717) is 16.2 Å². The van der Waals surface area contributed by atoms with Crippen LogP contribution in [0, 0.1) is 11.6 Å². The van der Waals surface area contributed by atoms with Crippen molar-refractivity contribution in [2.24, 2.45) is 0 Å². The number of halogens is 3. The van der Waals surface area contributed by atoms with Crippen molar-refractivity contribution < 1.29 is 23.0 Å². The number of benzene rings is 2. The van der Waals surface area contributed by atoms with Gasteiger partial charge in [0, 0.05) is 21.5 Å². The second-order valence-electron chi connectivity index (χ2n) is 5.76. The third-order valence-corrected chi connectivity index (χ3v) is 5.52. The fraction of sp³-hybridized carbons (Fsp3) is 0.0952. The predicted molar refractivity (Wildman–Crippen MR) is 109 cm³/mol. The lowest BCUT2D eigenvalue weighted by Gasteiger charge is -2.12. The van der Waals surface area contributed by atoms with Crippen LogP contribution in [0.4, 0.5) is 8.78 Å². The van der Waals surface area contributed by atoms with Crippen molar-refractivity contribution in [3.05, 3.63) is 86.0 Å². The quantitative estimate of drug-likeness (QED) is 0.305. The molecule has 0 spiro atoms. The lowest BCUT2D eigenvalue weighted by molar-refractivity contribution is 0.105. The Morgan fingerprint density at radius 3 is 2.61 bits per heavy atom. The van der Waals surface area contributed by atoms with Crippen LogP contribution >= 0.6 is 27.3 Å². The number of hydrogen-bond donors (Lipinski definition) is 0. The van der Waals surface area contributed by atoms with Crippen LogP contribution in [0.1, 0.15) is 20.8 Å². The van der Waals surface area contributed by atoms with Gasteiger partial charge in [-0.15, -0.1) is 11.3 Å². The Labute approximate surface area is 173 Å². The molecular weight excluding hydrogens is 450 g/mol. The maximum atomic E-state index is 13.7. The summed E-state index contributed by atoms with van der Waals surface area (Å²) in [6.07, 6.45) is 3.18. The molecule has 3 rings (SSSR count). The molecule has 0 amide bonds. The average Bonchev–Trinajstić information content (AvgIpc) is 3.12. The maximum absolute atomic E-state index is 13.7. The van der Waals surface area contributed by atoms with Crippen LogP contribution < -0.4 is 9.47 Å². The Morgan fingerprint density at radius 2 is 1.93 bits per heavy atom. The number of thiophene rings is 1. The van der Waals surface area contributed by atoms with Crippen LogP contribution in [-0.4, -0.2) is 12.9 Å². The van der Waals surface area contributed by atoms with Crippen molar-refractivity contribution >= 4 is 39.1 Å². The molecule has 2 aromatic carbocycles. The van der Waals surface area contributed by atoms with Crippen molar-refractivity contribution in [3.8, 4) is 11.5 Å². The van der Waals surface area contributed by atoms with Gasteiger partial charge in [-0.2, -0.15) is 0 Å². The highest BCUT2D eigenvalue weighted by Gasteiger charge is 2.09. The van der Waals surface area contributed by atoms with E-state index >= 15 is 0 Å². The van der Waals surface area contributed by atoms with E-state index in [0.717, 1.165) is 22.2 Å². The fourth-order valence-electron chi connectivity index (χ4n) is 2.46. The van der Waals surface area contributed by atoms with E-state index in [1.54, 1.807) is 30.3 Å². The van der Waals surface area contributed by atoms with Gasteiger partial charge in [-0.05, 0) is 57.9 Å². The molecule has 0 aliphatic carbocycles. The second-order valence-corrected chi connectivity index (χ2v) is 7.59. The molecule has 3 aromatic rings. The molecule has 0 fully saturated rings. The van der Waals surface area contributed by atoms with Gasteiger partial charge in [-0.25, -0.2) is 8.78 Å². The lowest BCUT2D eigenvalue weighted by atomic mass is 10.1. The zero-order chi connectivity index (χ0) is 20.1. The molecule has 0 unspecified atom stereocenters. The predicted octanol–water partition coefficient (Wildman–Crippen LogP) is 6.27. The zero-order valence-electron chi connectivity index (χ0n) is 14.7. The minimum Gasteiger partial charge on any atom is -0.496 e. The number of carbonyl (C=O) groups excluding carboxylic acids is 1. The molecule has 144 valence electrons. The Hall–Kier alpha value is -2.51. The number of allylic oxidation sites excluding steroid dienone is 1. The molecule has 3 nitrogen and oxygen atoms in total. The van der Waals surface area contributed by atoms with E-state index in [1.165, 1.54) is 30.6 Å². The van der Waals surface area contributed by atoms with Crippen LogP contribution in [-0.2, 0) is 6.61 Å². The van der Waals surface area contributed by atoms with Crippen LogP contribution in [0.15, 0.2) is 58.4 Å². The monoisotopic (exact) mass is 464 g/mol. The molecule has 0 aliphatic rings. The maximum Gasteiger partial charge on any atom is 0.195 e. The topological polar surface area (TPSA) is 35.5 Å². The SMILES string of the molecule is COc1ccc(/C=C/C(=O)c2cc(Br)cs2)cc1COc1ccc(F)cc1F. The fourth-order valence-corrected chi connectivity index (χ4v) is 3.81. The molecule has 28 heavy (non-hydrogen) atoms. The molecule has 0 saturated heterocycles. The first-order valence-electron chi connectivity index (χ1n) is 8.17. The van der Waals surface area contributed by atoms with Gasteiger partial charge in [0.2, 0.25) is 0 Å². The third kappa shape index (κ3) is 5.05.